The molecule has 106 valence electrons. The van der Waals surface area contributed by atoms with Crippen LogP contribution in [0.4, 0.5) is 0 Å². The van der Waals surface area contributed by atoms with Gasteiger partial charge < -0.3 is 10.1 Å². The molecule has 0 aromatic heterocycles. The van der Waals surface area contributed by atoms with Gasteiger partial charge in [-0.15, -0.1) is 11.8 Å². The number of hydrogen-bond donors (Lipinski definition) is 1. The third kappa shape index (κ3) is 6.32. The Balaban J connectivity index is 2.76. The molecule has 1 aromatic rings. The lowest BCUT2D eigenvalue weighted by Gasteiger charge is -2.21. The maximum atomic E-state index is 11.2. The fourth-order valence-electron chi connectivity index (χ4n) is 1.38. The molecule has 0 saturated heterocycles. The van der Waals surface area contributed by atoms with E-state index in [0.29, 0.717) is 17.3 Å². The van der Waals surface area contributed by atoms with Crippen LogP contribution in [0, 0.1) is 0 Å². The van der Waals surface area contributed by atoms with Gasteiger partial charge in [0.1, 0.15) is 0 Å². The van der Waals surface area contributed by atoms with Gasteiger partial charge in [0.05, 0.1) is 12.9 Å². The van der Waals surface area contributed by atoms with E-state index in [1.807, 2.05) is 18.2 Å². The smallest absolute Gasteiger partial charge is 0.315 e. The van der Waals surface area contributed by atoms with E-state index in [9.17, 15) is 4.79 Å². The molecule has 0 unspecified atom stereocenters. The summed E-state index contributed by atoms with van der Waals surface area (Å²) in [5.41, 5.74) is 1.13. The lowest BCUT2D eigenvalue weighted by atomic mass is 10.1. The summed E-state index contributed by atoms with van der Waals surface area (Å²) in [6.45, 7) is 7.05. The van der Waals surface area contributed by atoms with Crippen LogP contribution in [0.25, 0.3) is 0 Å². The van der Waals surface area contributed by atoms with E-state index in [1.54, 1.807) is 0 Å². The average Bonchev–Trinajstić information content (AvgIpc) is 2.33. The van der Waals surface area contributed by atoms with Gasteiger partial charge in [-0.1, -0.05) is 11.6 Å². The van der Waals surface area contributed by atoms with Crippen LogP contribution in [-0.4, -0.2) is 24.4 Å². The van der Waals surface area contributed by atoms with Crippen molar-refractivity contribution in [2.75, 3.05) is 12.9 Å². The van der Waals surface area contributed by atoms with Crippen LogP contribution in [0.15, 0.2) is 23.1 Å². The largest absolute Gasteiger partial charge is 0.468 e. The van der Waals surface area contributed by atoms with Gasteiger partial charge in [0.2, 0.25) is 0 Å². The minimum atomic E-state index is -0.227. The van der Waals surface area contributed by atoms with Crippen LogP contribution >= 0.6 is 23.4 Å². The van der Waals surface area contributed by atoms with E-state index in [-0.39, 0.29) is 11.5 Å². The highest BCUT2D eigenvalue weighted by Gasteiger charge is 2.12. The maximum Gasteiger partial charge on any atom is 0.315 e. The number of ether oxygens (including phenoxy) is 1. The highest BCUT2D eigenvalue weighted by atomic mass is 35.5. The van der Waals surface area contributed by atoms with Crippen molar-refractivity contribution in [3.05, 3.63) is 28.8 Å². The fourth-order valence-corrected chi connectivity index (χ4v) is 2.45. The molecule has 0 heterocycles. The van der Waals surface area contributed by atoms with Gasteiger partial charge in [-0.3, -0.25) is 4.79 Å². The minimum absolute atomic E-state index is 0.0343. The molecule has 0 radical (unpaired) electrons. The standard InChI is InChI=1S/C14H20ClNO2S/c1-14(2,3)16-8-10-7-11(15)5-6-12(10)19-9-13(17)18-4/h5-7,16H,8-9H2,1-4H3. The van der Waals surface area contributed by atoms with E-state index < -0.39 is 0 Å². The number of halogens is 1. The normalized spacial score (nSPS) is 11.4. The van der Waals surface area contributed by atoms with Gasteiger partial charge in [-0.2, -0.15) is 0 Å². The summed E-state index contributed by atoms with van der Waals surface area (Å²) in [5, 5.41) is 4.12. The molecule has 0 aliphatic heterocycles. The second-order valence-electron chi connectivity index (χ2n) is 5.22. The molecule has 0 saturated carbocycles. The molecule has 0 atom stereocenters. The number of nitrogens with one attached hydrogen (secondary N) is 1. The highest BCUT2D eigenvalue weighted by molar-refractivity contribution is 8.00. The Morgan fingerprint density at radius 1 is 1.42 bits per heavy atom. The van der Waals surface area contributed by atoms with Gasteiger partial charge in [0, 0.05) is 22.0 Å². The van der Waals surface area contributed by atoms with Gasteiger partial charge in [-0.25, -0.2) is 0 Å². The molecule has 1 aromatic carbocycles. The Kier molecular flexibility index (Phi) is 6.17. The summed E-state index contributed by atoms with van der Waals surface area (Å²) < 4.78 is 4.65. The van der Waals surface area contributed by atoms with Gasteiger partial charge in [0.25, 0.3) is 0 Å². The number of rotatable bonds is 5. The second kappa shape index (κ2) is 7.17. The predicted molar refractivity (Wildman–Crippen MR) is 80.8 cm³/mol. The molecule has 0 bridgehead atoms. The topological polar surface area (TPSA) is 38.3 Å². The van der Waals surface area contributed by atoms with E-state index >= 15 is 0 Å². The molecular formula is C14H20ClNO2S. The van der Waals surface area contributed by atoms with E-state index in [2.05, 4.69) is 30.8 Å². The molecule has 5 heteroatoms. The molecule has 0 aliphatic carbocycles. The van der Waals surface area contributed by atoms with Crippen LogP contribution < -0.4 is 5.32 Å². The zero-order chi connectivity index (χ0) is 14.5. The number of esters is 1. The SMILES string of the molecule is COC(=O)CSc1ccc(Cl)cc1CNC(C)(C)C. The second-order valence-corrected chi connectivity index (χ2v) is 6.67. The summed E-state index contributed by atoms with van der Waals surface area (Å²) in [6.07, 6.45) is 0. The first kappa shape index (κ1) is 16.3. The summed E-state index contributed by atoms with van der Waals surface area (Å²) in [6, 6.07) is 5.71. The highest BCUT2D eigenvalue weighted by Crippen LogP contribution is 2.26. The molecular weight excluding hydrogens is 282 g/mol. The monoisotopic (exact) mass is 301 g/mol. The molecule has 0 aliphatic rings. The Morgan fingerprint density at radius 2 is 2.11 bits per heavy atom. The molecule has 19 heavy (non-hydrogen) atoms. The lowest BCUT2D eigenvalue weighted by Crippen LogP contribution is -2.35. The van der Waals surface area contributed by atoms with Crippen LogP contribution in [-0.2, 0) is 16.1 Å². The number of thioether (sulfide) groups is 1. The first-order valence-corrected chi connectivity index (χ1v) is 7.41. The van der Waals surface area contributed by atoms with Gasteiger partial charge >= 0.3 is 5.97 Å². The summed E-state index contributed by atoms with van der Waals surface area (Å²) in [5.74, 6) is 0.0791. The fraction of sp³-hybridized carbons (Fsp3) is 0.500. The number of carbonyl (C=O) groups excluding carboxylic acids is 1. The molecule has 3 nitrogen and oxygen atoms in total. The molecule has 0 spiro atoms. The summed E-state index contributed by atoms with van der Waals surface area (Å²) in [4.78, 5) is 12.2. The summed E-state index contributed by atoms with van der Waals surface area (Å²) in [7, 11) is 1.40. The minimum Gasteiger partial charge on any atom is -0.468 e. The van der Waals surface area contributed by atoms with E-state index in [0.717, 1.165) is 10.5 Å². The lowest BCUT2D eigenvalue weighted by molar-refractivity contribution is -0.137. The van der Waals surface area contributed by atoms with Crippen LogP contribution in [0.3, 0.4) is 0 Å². The van der Waals surface area contributed by atoms with Crippen molar-refractivity contribution in [3.8, 4) is 0 Å². The van der Waals surface area contributed by atoms with E-state index in [1.165, 1.54) is 18.9 Å². The first-order chi connectivity index (χ1) is 8.81. The van der Waals surface area contributed by atoms with Crippen molar-refractivity contribution in [1.82, 2.24) is 5.32 Å². The number of methoxy groups -OCH3 is 1. The molecule has 1 N–H and O–H groups in total. The average molecular weight is 302 g/mol. The van der Waals surface area contributed by atoms with Crippen molar-refractivity contribution >= 4 is 29.3 Å². The number of carbonyl (C=O) groups is 1. The van der Waals surface area contributed by atoms with Crippen molar-refractivity contribution in [2.24, 2.45) is 0 Å². The Labute approximate surface area is 124 Å². The van der Waals surface area contributed by atoms with Crippen LogP contribution in [0.5, 0.6) is 0 Å². The predicted octanol–water partition coefficient (Wildman–Crippen LogP) is 3.49. The number of hydrogen-bond acceptors (Lipinski definition) is 4. The number of benzene rings is 1. The third-order valence-corrected chi connectivity index (χ3v) is 3.73. The summed E-state index contributed by atoms with van der Waals surface area (Å²) >= 11 is 7.49. The van der Waals surface area contributed by atoms with Crippen molar-refractivity contribution in [3.63, 3.8) is 0 Å². The van der Waals surface area contributed by atoms with Crippen molar-refractivity contribution in [2.45, 2.75) is 37.8 Å². The Morgan fingerprint density at radius 3 is 2.68 bits per heavy atom. The quantitative estimate of drug-likeness (QED) is 0.667. The van der Waals surface area contributed by atoms with Crippen molar-refractivity contribution < 1.29 is 9.53 Å². The zero-order valence-electron chi connectivity index (χ0n) is 11.7. The van der Waals surface area contributed by atoms with Crippen molar-refractivity contribution in [1.29, 1.82) is 0 Å². The molecule has 0 fully saturated rings. The third-order valence-electron chi connectivity index (χ3n) is 2.40. The van der Waals surface area contributed by atoms with E-state index in [4.69, 9.17) is 11.6 Å². The Bertz CT molecular complexity index is 444. The maximum absolute atomic E-state index is 11.2. The molecule has 1 rings (SSSR count). The van der Waals surface area contributed by atoms with Crippen LogP contribution in [0.1, 0.15) is 26.3 Å². The zero-order valence-corrected chi connectivity index (χ0v) is 13.3. The van der Waals surface area contributed by atoms with Gasteiger partial charge in [-0.05, 0) is 44.5 Å². The van der Waals surface area contributed by atoms with Crippen LogP contribution in [0.2, 0.25) is 5.02 Å². The Hall–Kier alpha value is -0.710. The first-order valence-electron chi connectivity index (χ1n) is 6.05. The molecule has 0 amide bonds. The van der Waals surface area contributed by atoms with Gasteiger partial charge in [0.15, 0.2) is 0 Å².